The van der Waals surface area contributed by atoms with Crippen molar-refractivity contribution < 1.29 is 0 Å². The van der Waals surface area contributed by atoms with Crippen LogP contribution >= 0.6 is 22.9 Å². The first kappa shape index (κ1) is 14.1. The van der Waals surface area contributed by atoms with Crippen LogP contribution < -0.4 is 5.32 Å². The predicted molar refractivity (Wildman–Crippen MR) is 87.9 cm³/mol. The Morgan fingerprint density at radius 2 is 2.10 bits per heavy atom. The highest BCUT2D eigenvalue weighted by molar-refractivity contribution is 7.12. The molecule has 0 amide bonds. The zero-order chi connectivity index (χ0) is 13.9. The number of hydrogen-bond donors (Lipinski definition) is 1. The van der Waals surface area contributed by atoms with Gasteiger partial charge in [-0.2, -0.15) is 0 Å². The van der Waals surface area contributed by atoms with Gasteiger partial charge in [-0.25, -0.2) is 0 Å². The fraction of sp³-hybridized carbons (Fsp3) is 0.412. The van der Waals surface area contributed by atoms with Gasteiger partial charge in [0.1, 0.15) is 0 Å². The second-order valence-electron chi connectivity index (χ2n) is 5.35. The van der Waals surface area contributed by atoms with Gasteiger partial charge in [-0.05, 0) is 61.6 Å². The minimum Gasteiger partial charge on any atom is -0.306 e. The molecule has 2 aromatic rings. The Labute approximate surface area is 130 Å². The van der Waals surface area contributed by atoms with Crippen molar-refractivity contribution >= 4 is 22.9 Å². The molecule has 1 aromatic carbocycles. The fourth-order valence-electron chi connectivity index (χ4n) is 2.93. The highest BCUT2D eigenvalue weighted by Gasteiger charge is 2.20. The van der Waals surface area contributed by atoms with Gasteiger partial charge in [-0.3, -0.25) is 0 Å². The molecule has 3 heteroatoms. The van der Waals surface area contributed by atoms with Crippen molar-refractivity contribution in [1.82, 2.24) is 5.32 Å². The molecule has 3 rings (SSSR count). The molecule has 1 aliphatic rings. The van der Waals surface area contributed by atoms with Crippen molar-refractivity contribution in [2.75, 3.05) is 6.54 Å². The van der Waals surface area contributed by atoms with E-state index in [1.54, 1.807) is 10.4 Å². The summed E-state index contributed by atoms with van der Waals surface area (Å²) in [6.07, 6.45) is 5.19. The van der Waals surface area contributed by atoms with Gasteiger partial charge in [0.2, 0.25) is 0 Å². The van der Waals surface area contributed by atoms with Gasteiger partial charge >= 0.3 is 0 Å². The van der Waals surface area contributed by atoms with E-state index in [2.05, 4.69) is 30.4 Å². The topological polar surface area (TPSA) is 12.0 Å². The number of nitrogens with one attached hydrogen (secondary N) is 1. The second kappa shape index (κ2) is 6.30. The molecular formula is C17H20ClNS. The summed E-state index contributed by atoms with van der Waals surface area (Å²) in [6, 6.07) is 10.9. The van der Waals surface area contributed by atoms with Gasteiger partial charge < -0.3 is 5.32 Å². The van der Waals surface area contributed by atoms with E-state index < -0.39 is 0 Å². The molecule has 1 unspecified atom stereocenters. The molecule has 0 saturated carbocycles. The number of benzene rings is 1. The minimum absolute atomic E-state index is 0.273. The van der Waals surface area contributed by atoms with Crippen LogP contribution in [0, 0.1) is 0 Å². The molecule has 1 nitrogen and oxygen atoms in total. The van der Waals surface area contributed by atoms with E-state index in [9.17, 15) is 0 Å². The smallest absolute Gasteiger partial charge is 0.0671 e. The lowest BCUT2D eigenvalue weighted by Crippen LogP contribution is -2.21. The highest BCUT2D eigenvalue weighted by Crippen LogP contribution is 2.35. The standard InChI is InChI=1S/C17H20ClNS/c1-2-19-17(13-7-5-8-14(18)10-13)16-11-12-6-3-4-9-15(12)20-16/h5,7-8,10-11,17,19H,2-4,6,9H2,1H3. The predicted octanol–water partition coefficient (Wildman–Crippen LogP) is 4.98. The molecule has 0 fully saturated rings. The average Bonchev–Trinajstić information content (AvgIpc) is 2.88. The first-order chi connectivity index (χ1) is 9.78. The number of hydrogen-bond acceptors (Lipinski definition) is 2. The molecule has 20 heavy (non-hydrogen) atoms. The molecule has 1 N–H and O–H groups in total. The van der Waals surface area contributed by atoms with Crippen molar-refractivity contribution in [3.8, 4) is 0 Å². The third kappa shape index (κ3) is 2.93. The molecule has 0 spiro atoms. The zero-order valence-corrected chi connectivity index (χ0v) is 13.4. The van der Waals surface area contributed by atoms with Crippen LogP contribution in [0.2, 0.25) is 5.02 Å². The van der Waals surface area contributed by atoms with Gasteiger partial charge in [0.15, 0.2) is 0 Å². The maximum Gasteiger partial charge on any atom is 0.0671 e. The molecule has 0 radical (unpaired) electrons. The van der Waals surface area contributed by atoms with E-state index in [0.29, 0.717) is 0 Å². The first-order valence-electron chi connectivity index (χ1n) is 7.38. The van der Waals surface area contributed by atoms with E-state index in [4.69, 9.17) is 11.6 Å². The average molecular weight is 306 g/mol. The maximum absolute atomic E-state index is 6.15. The van der Waals surface area contributed by atoms with Gasteiger partial charge in [-0.1, -0.05) is 30.7 Å². The lowest BCUT2D eigenvalue weighted by Gasteiger charge is -2.17. The third-order valence-corrected chi connectivity index (χ3v) is 5.43. The van der Waals surface area contributed by atoms with Crippen molar-refractivity contribution in [2.45, 2.75) is 38.6 Å². The van der Waals surface area contributed by atoms with Gasteiger partial charge in [-0.15, -0.1) is 11.3 Å². The third-order valence-electron chi connectivity index (χ3n) is 3.89. The molecular weight excluding hydrogens is 286 g/mol. The first-order valence-corrected chi connectivity index (χ1v) is 8.57. The Balaban J connectivity index is 1.95. The Hall–Kier alpha value is -0.830. The molecule has 1 heterocycles. The van der Waals surface area contributed by atoms with Crippen LogP contribution in [0.4, 0.5) is 0 Å². The Kier molecular flexibility index (Phi) is 4.45. The van der Waals surface area contributed by atoms with Gasteiger partial charge in [0.25, 0.3) is 0 Å². The molecule has 0 aliphatic heterocycles. The van der Waals surface area contributed by atoms with Crippen LogP contribution in [0.25, 0.3) is 0 Å². The van der Waals surface area contributed by atoms with Crippen molar-refractivity contribution in [1.29, 1.82) is 0 Å². The van der Waals surface area contributed by atoms with Crippen LogP contribution in [-0.4, -0.2) is 6.54 Å². The number of rotatable bonds is 4. The summed E-state index contributed by atoms with van der Waals surface area (Å²) in [5.74, 6) is 0. The molecule has 1 aliphatic carbocycles. The molecule has 1 aromatic heterocycles. The molecule has 1 atom stereocenters. The van der Waals surface area contributed by atoms with Crippen LogP contribution in [0.3, 0.4) is 0 Å². The number of fused-ring (bicyclic) bond motifs is 1. The van der Waals surface area contributed by atoms with Crippen LogP contribution in [0.1, 0.15) is 46.7 Å². The Morgan fingerprint density at radius 3 is 2.85 bits per heavy atom. The number of thiophene rings is 1. The summed E-state index contributed by atoms with van der Waals surface area (Å²) in [4.78, 5) is 3.03. The largest absolute Gasteiger partial charge is 0.306 e. The second-order valence-corrected chi connectivity index (χ2v) is 6.95. The lowest BCUT2D eigenvalue weighted by molar-refractivity contribution is 0.639. The van der Waals surface area contributed by atoms with Crippen molar-refractivity contribution in [3.05, 3.63) is 56.2 Å². The zero-order valence-electron chi connectivity index (χ0n) is 11.8. The minimum atomic E-state index is 0.273. The molecule has 0 saturated heterocycles. The van der Waals surface area contributed by atoms with Crippen molar-refractivity contribution in [2.24, 2.45) is 0 Å². The van der Waals surface area contributed by atoms with Crippen LogP contribution in [0.15, 0.2) is 30.3 Å². The SMILES string of the molecule is CCNC(c1cccc(Cl)c1)c1cc2c(s1)CCCC2. The summed E-state index contributed by atoms with van der Waals surface area (Å²) in [5, 5.41) is 4.42. The summed E-state index contributed by atoms with van der Waals surface area (Å²) < 4.78 is 0. The molecule has 106 valence electrons. The Bertz CT molecular complexity index is 567. The van der Waals surface area contributed by atoms with Gasteiger partial charge in [0.05, 0.1) is 6.04 Å². The van der Waals surface area contributed by atoms with E-state index in [1.807, 2.05) is 23.5 Å². The van der Waals surface area contributed by atoms with E-state index in [1.165, 1.54) is 36.1 Å². The maximum atomic E-state index is 6.15. The summed E-state index contributed by atoms with van der Waals surface area (Å²) in [7, 11) is 0. The normalized spacial score (nSPS) is 15.9. The fourth-order valence-corrected chi connectivity index (χ4v) is 4.49. The molecule has 0 bridgehead atoms. The van der Waals surface area contributed by atoms with E-state index in [-0.39, 0.29) is 6.04 Å². The summed E-state index contributed by atoms with van der Waals surface area (Å²) >= 11 is 8.13. The lowest BCUT2D eigenvalue weighted by atomic mass is 9.98. The quantitative estimate of drug-likeness (QED) is 0.840. The van der Waals surface area contributed by atoms with E-state index in [0.717, 1.165) is 11.6 Å². The van der Waals surface area contributed by atoms with E-state index >= 15 is 0 Å². The summed E-state index contributed by atoms with van der Waals surface area (Å²) in [5.41, 5.74) is 2.83. The van der Waals surface area contributed by atoms with Crippen LogP contribution in [0.5, 0.6) is 0 Å². The highest BCUT2D eigenvalue weighted by atomic mass is 35.5. The Morgan fingerprint density at radius 1 is 1.25 bits per heavy atom. The number of aryl methyl sites for hydroxylation is 2. The summed E-state index contributed by atoms with van der Waals surface area (Å²) in [6.45, 7) is 3.12. The number of halogens is 1. The monoisotopic (exact) mass is 305 g/mol. The van der Waals surface area contributed by atoms with Crippen molar-refractivity contribution in [3.63, 3.8) is 0 Å². The van der Waals surface area contributed by atoms with Gasteiger partial charge in [0, 0.05) is 14.8 Å². The van der Waals surface area contributed by atoms with Crippen LogP contribution in [-0.2, 0) is 12.8 Å².